The van der Waals surface area contributed by atoms with Crippen LogP contribution in [0.4, 0.5) is 5.82 Å². The molecule has 2 atom stereocenters. The van der Waals surface area contributed by atoms with E-state index in [1.165, 1.54) is 12.4 Å². The fourth-order valence-corrected chi connectivity index (χ4v) is 3.26. The predicted octanol–water partition coefficient (Wildman–Crippen LogP) is 2.48. The normalized spacial score (nSPS) is 14.7. The third-order valence-electron chi connectivity index (χ3n) is 5.70. The molecule has 1 unspecified atom stereocenters. The Labute approximate surface area is 204 Å². The smallest absolute Gasteiger partial charge is 0.278 e. The molecule has 0 saturated heterocycles. The van der Waals surface area contributed by atoms with E-state index in [9.17, 15) is 5.11 Å². The van der Waals surface area contributed by atoms with Gasteiger partial charge in [-0.25, -0.2) is 15.0 Å². The number of nitrogens with one attached hydrogen (secondary N) is 1. The molecule has 0 fully saturated rings. The van der Waals surface area contributed by atoms with Crippen LogP contribution in [0.1, 0.15) is 44.8 Å². The third kappa shape index (κ3) is 5.87. The Morgan fingerprint density at radius 3 is 2.54 bits per heavy atom. The summed E-state index contributed by atoms with van der Waals surface area (Å²) >= 11 is 0. The summed E-state index contributed by atoms with van der Waals surface area (Å²) in [5.74, 6) is 1.60. The maximum atomic E-state index is 9.39. The van der Waals surface area contributed by atoms with E-state index in [2.05, 4.69) is 55.8 Å². The molecule has 11 nitrogen and oxygen atoms in total. The summed E-state index contributed by atoms with van der Waals surface area (Å²) in [4.78, 5) is 21.8. The van der Waals surface area contributed by atoms with Gasteiger partial charge in [0.2, 0.25) is 0 Å². The minimum absolute atomic E-state index is 0.116. The zero-order chi connectivity index (χ0) is 25.6. The number of aliphatic hydroxyl groups excluding tert-OH is 1. The van der Waals surface area contributed by atoms with Gasteiger partial charge in [0.15, 0.2) is 5.82 Å². The van der Waals surface area contributed by atoms with E-state index in [-0.39, 0.29) is 17.6 Å². The number of aliphatic hydroxyl groups is 1. The molecule has 0 aliphatic carbocycles. The van der Waals surface area contributed by atoms with Crippen molar-refractivity contribution >= 4 is 17.6 Å². The summed E-state index contributed by atoms with van der Waals surface area (Å²) in [5.41, 5.74) is 13.2. The van der Waals surface area contributed by atoms with E-state index in [1.807, 2.05) is 19.1 Å². The van der Waals surface area contributed by atoms with Gasteiger partial charge in [0.05, 0.1) is 29.6 Å². The monoisotopic (exact) mass is 477 g/mol. The molecule has 0 spiro atoms. The van der Waals surface area contributed by atoms with Gasteiger partial charge in [-0.3, -0.25) is 4.98 Å². The minimum atomic E-state index is -0.592. The van der Waals surface area contributed by atoms with Crippen molar-refractivity contribution in [2.75, 3.05) is 11.9 Å². The number of pyridine rings is 1. The van der Waals surface area contributed by atoms with E-state index in [4.69, 9.17) is 16.0 Å². The zero-order valence-electron chi connectivity index (χ0n) is 20.3. The quantitative estimate of drug-likeness (QED) is 0.317. The van der Waals surface area contributed by atoms with E-state index < -0.39 is 11.5 Å². The van der Waals surface area contributed by atoms with Crippen molar-refractivity contribution in [1.82, 2.24) is 25.1 Å². The van der Waals surface area contributed by atoms with Crippen LogP contribution in [0.5, 0.6) is 0 Å². The fourth-order valence-electron chi connectivity index (χ4n) is 3.26. The summed E-state index contributed by atoms with van der Waals surface area (Å²) in [6.07, 6.45) is 7.30. The Balaban J connectivity index is 1.88. The molecule has 3 rings (SSSR count). The highest BCUT2D eigenvalue weighted by Gasteiger charge is 2.38. The lowest BCUT2D eigenvalue weighted by Crippen LogP contribution is -2.31. The Morgan fingerprint density at radius 2 is 2.00 bits per heavy atom. The van der Waals surface area contributed by atoms with Gasteiger partial charge < -0.3 is 26.4 Å². The maximum Gasteiger partial charge on any atom is 0.278 e. The average Bonchev–Trinajstić information content (AvgIpc) is 3.34. The number of nitrogens with zero attached hydrogens (tertiary/aromatic N) is 6. The van der Waals surface area contributed by atoms with Gasteiger partial charge in [0, 0.05) is 30.7 Å². The molecule has 0 radical (unpaired) electrons. The molecule has 0 amide bonds. The van der Waals surface area contributed by atoms with Crippen molar-refractivity contribution in [1.29, 1.82) is 0 Å². The molecule has 35 heavy (non-hydrogen) atoms. The van der Waals surface area contributed by atoms with Gasteiger partial charge in [-0.05, 0) is 31.4 Å². The molecule has 0 aromatic carbocycles. The number of aliphatic imine (C=N–C) groups is 1. The first kappa shape index (κ1) is 25.5. The van der Waals surface area contributed by atoms with Gasteiger partial charge in [0.1, 0.15) is 17.3 Å². The Hall–Kier alpha value is -4.12. The first-order chi connectivity index (χ1) is 16.6. The van der Waals surface area contributed by atoms with Gasteiger partial charge in [-0.1, -0.05) is 31.6 Å². The second-order valence-corrected chi connectivity index (χ2v) is 8.60. The molecule has 3 heterocycles. The number of anilines is 1. The van der Waals surface area contributed by atoms with Crippen molar-refractivity contribution in [2.24, 2.45) is 22.4 Å². The largest absolute Gasteiger partial charge is 0.404 e. The SMILES string of the molecule is C=C(N)N=C/C(=C\N)c1ccc(C(C)(c2noc(-c3cnc(NC[C@@H](C)O)cn3)n2)C(C)C)cn1. The average molecular weight is 478 g/mol. The van der Waals surface area contributed by atoms with E-state index in [0.717, 1.165) is 5.56 Å². The lowest BCUT2D eigenvalue weighted by Gasteiger charge is -2.30. The van der Waals surface area contributed by atoms with E-state index >= 15 is 0 Å². The molecular weight excluding hydrogens is 446 g/mol. The van der Waals surface area contributed by atoms with Crippen LogP contribution in [0.3, 0.4) is 0 Å². The molecule has 0 saturated carbocycles. The second-order valence-electron chi connectivity index (χ2n) is 8.60. The minimum Gasteiger partial charge on any atom is -0.404 e. The Morgan fingerprint density at radius 1 is 1.23 bits per heavy atom. The van der Waals surface area contributed by atoms with Crippen LogP contribution in [0.25, 0.3) is 17.2 Å². The lowest BCUT2D eigenvalue weighted by molar-refractivity contribution is 0.208. The molecule has 3 aromatic rings. The van der Waals surface area contributed by atoms with Crippen LogP contribution in [0.2, 0.25) is 0 Å². The molecule has 0 bridgehead atoms. The van der Waals surface area contributed by atoms with Crippen LogP contribution in [-0.4, -0.2) is 49.1 Å². The lowest BCUT2D eigenvalue weighted by atomic mass is 9.73. The van der Waals surface area contributed by atoms with Crippen LogP contribution in [0, 0.1) is 5.92 Å². The summed E-state index contributed by atoms with van der Waals surface area (Å²) in [7, 11) is 0. The van der Waals surface area contributed by atoms with Crippen molar-refractivity contribution in [3.63, 3.8) is 0 Å². The highest BCUT2D eigenvalue weighted by atomic mass is 16.5. The van der Waals surface area contributed by atoms with Gasteiger partial charge in [0.25, 0.3) is 5.89 Å². The van der Waals surface area contributed by atoms with Crippen molar-refractivity contribution < 1.29 is 9.63 Å². The topological polar surface area (TPSA) is 174 Å². The summed E-state index contributed by atoms with van der Waals surface area (Å²) in [6.45, 7) is 11.8. The fraction of sp³-hybridized carbons (Fsp3) is 0.333. The summed E-state index contributed by atoms with van der Waals surface area (Å²) < 4.78 is 5.53. The molecular formula is C24H31N9O2. The number of hydrogen-bond donors (Lipinski definition) is 4. The number of allylic oxidation sites excluding steroid dienone is 1. The third-order valence-corrected chi connectivity index (χ3v) is 5.70. The summed E-state index contributed by atoms with van der Waals surface area (Å²) in [5, 5.41) is 16.6. The van der Waals surface area contributed by atoms with Crippen LogP contribution >= 0.6 is 0 Å². The maximum absolute atomic E-state index is 9.39. The highest BCUT2D eigenvalue weighted by molar-refractivity contribution is 6.09. The predicted molar refractivity (Wildman–Crippen MR) is 135 cm³/mol. The Bertz CT molecular complexity index is 1200. The molecule has 6 N–H and O–H groups in total. The van der Waals surface area contributed by atoms with Crippen molar-refractivity contribution in [2.45, 2.75) is 39.2 Å². The molecule has 11 heteroatoms. The van der Waals surface area contributed by atoms with Crippen LogP contribution in [-0.2, 0) is 5.41 Å². The first-order valence-corrected chi connectivity index (χ1v) is 11.1. The van der Waals surface area contributed by atoms with E-state index in [1.54, 1.807) is 25.5 Å². The number of hydrogen-bond acceptors (Lipinski definition) is 11. The molecule has 0 aliphatic heterocycles. The second kappa shape index (κ2) is 10.9. The van der Waals surface area contributed by atoms with Gasteiger partial charge in [-0.2, -0.15) is 4.98 Å². The molecule has 184 valence electrons. The van der Waals surface area contributed by atoms with Gasteiger partial charge in [-0.15, -0.1) is 0 Å². The number of nitrogens with two attached hydrogens (primary N) is 2. The zero-order valence-corrected chi connectivity index (χ0v) is 20.3. The summed E-state index contributed by atoms with van der Waals surface area (Å²) in [6, 6.07) is 3.81. The molecule has 0 aliphatic rings. The highest BCUT2D eigenvalue weighted by Crippen LogP contribution is 2.38. The molecule has 3 aromatic heterocycles. The number of aromatic nitrogens is 5. The Kier molecular flexibility index (Phi) is 7.92. The van der Waals surface area contributed by atoms with E-state index in [0.29, 0.717) is 35.1 Å². The van der Waals surface area contributed by atoms with Crippen LogP contribution in [0.15, 0.2) is 58.8 Å². The van der Waals surface area contributed by atoms with Crippen LogP contribution < -0.4 is 16.8 Å². The van der Waals surface area contributed by atoms with Crippen molar-refractivity contribution in [3.8, 4) is 11.6 Å². The first-order valence-electron chi connectivity index (χ1n) is 11.1. The standard InChI is InChI=1S/C24H31N9O2/c1-14(2)24(5,18-6-7-19(28-11-18)17(8-25)10-27-16(4)26)23-32-22(35-33-23)20-12-31-21(13-29-20)30-9-15(3)34/h6-8,10-15,34H,4,9,25-26H2,1-3,5H3,(H,30,31)/b17-8+,27-10?/t15-,24?/m1/s1. The van der Waals surface area contributed by atoms with Crippen molar-refractivity contribution in [3.05, 3.63) is 66.4 Å². The van der Waals surface area contributed by atoms with Gasteiger partial charge >= 0.3 is 0 Å². The number of rotatable bonds is 10.